The Labute approximate surface area is 216 Å². The van der Waals surface area contributed by atoms with Crippen molar-refractivity contribution in [2.75, 3.05) is 4.90 Å². The normalized spacial score (nSPS) is 17.3. The minimum Gasteiger partial charge on any atom is -0.478 e. The molecule has 0 radical (unpaired) electrons. The molecule has 2 aromatic heterocycles. The minimum atomic E-state index is -0.934. The minimum absolute atomic E-state index is 0.119. The quantitative estimate of drug-likeness (QED) is 0.331. The highest BCUT2D eigenvalue weighted by Gasteiger charge is 2.42. The van der Waals surface area contributed by atoms with Crippen LogP contribution in [0, 0.1) is 27.7 Å². The number of carboxylic acids is 1. The van der Waals surface area contributed by atoms with Gasteiger partial charge < -0.3 is 19.9 Å². The largest absolute Gasteiger partial charge is 0.478 e. The maximum Gasteiger partial charge on any atom is 0.335 e. The van der Waals surface area contributed by atoms with Gasteiger partial charge in [0.05, 0.1) is 23.3 Å². The molecule has 1 saturated heterocycles. The lowest BCUT2D eigenvalue weighted by atomic mass is 9.96. The van der Waals surface area contributed by atoms with Crippen LogP contribution in [-0.4, -0.2) is 25.7 Å². The Hall–Kier alpha value is -3.97. The first kappa shape index (κ1) is 23.8. The van der Waals surface area contributed by atoms with Gasteiger partial charge in [-0.3, -0.25) is 4.98 Å². The number of aryl methyl sites for hydroxylation is 3. The Morgan fingerprint density at radius 2 is 1.64 bits per heavy atom. The molecule has 2 unspecified atom stereocenters. The first-order valence-electron chi connectivity index (χ1n) is 11.9. The fraction of sp³-hybridized carbons (Fsp3) is 0.207. The summed E-state index contributed by atoms with van der Waals surface area (Å²) in [4.78, 5) is 18.2. The van der Waals surface area contributed by atoms with Gasteiger partial charge in [0, 0.05) is 29.0 Å². The van der Waals surface area contributed by atoms with Crippen molar-refractivity contribution in [1.29, 1.82) is 0 Å². The second kappa shape index (κ2) is 9.24. The summed E-state index contributed by atoms with van der Waals surface area (Å²) in [7, 11) is 0. The van der Waals surface area contributed by atoms with E-state index in [1.165, 1.54) is 11.1 Å². The van der Waals surface area contributed by atoms with Gasteiger partial charge in [-0.1, -0.05) is 12.1 Å². The van der Waals surface area contributed by atoms with Gasteiger partial charge in [-0.05, 0) is 111 Å². The zero-order chi connectivity index (χ0) is 25.6. The molecule has 2 aromatic carbocycles. The highest BCUT2D eigenvalue weighted by Crippen LogP contribution is 2.44. The lowest BCUT2D eigenvalue weighted by molar-refractivity contribution is 0.0697. The number of hydrogen-bond acceptors (Lipinski definition) is 3. The molecule has 36 heavy (non-hydrogen) atoms. The number of nitrogens with one attached hydrogen (secondary N) is 1. The van der Waals surface area contributed by atoms with E-state index in [0.717, 1.165) is 34.0 Å². The molecule has 5 rings (SSSR count). The highest BCUT2D eigenvalue weighted by molar-refractivity contribution is 7.80. The molecule has 4 aromatic rings. The lowest BCUT2D eigenvalue weighted by Gasteiger charge is -2.29. The molecule has 2 N–H and O–H groups in total. The summed E-state index contributed by atoms with van der Waals surface area (Å²) >= 11 is 5.90. The fourth-order valence-electron chi connectivity index (χ4n) is 5.28. The third-order valence-corrected chi connectivity index (χ3v) is 7.06. The van der Waals surface area contributed by atoms with Crippen LogP contribution in [0.3, 0.4) is 0 Å². The zero-order valence-corrected chi connectivity index (χ0v) is 21.5. The first-order chi connectivity index (χ1) is 17.2. The molecule has 1 aliphatic rings. The van der Waals surface area contributed by atoms with Crippen LogP contribution < -0.4 is 10.2 Å². The average molecular weight is 497 g/mol. The molecule has 1 fully saturated rings. The van der Waals surface area contributed by atoms with Crippen molar-refractivity contribution in [2.45, 2.75) is 39.8 Å². The van der Waals surface area contributed by atoms with Gasteiger partial charge in [-0.15, -0.1) is 0 Å². The van der Waals surface area contributed by atoms with E-state index in [4.69, 9.17) is 12.2 Å². The molecule has 0 bridgehead atoms. The summed E-state index contributed by atoms with van der Waals surface area (Å²) in [6.45, 7) is 8.37. The van der Waals surface area contributed by atoms with E-state index in [9.17, 15) is 9.90 Å². The maximum absolute atomic E-state index is 11.3. The number of aromatic carboxylic acids is 1. The third kappa shape index (κ3) is 4.16. The van der Waals surface area contributed by atoms with Crippen molar-refractivity contribution in [1.82, 2.24) is 14.9 Å². The summed E-state index contributed by atoms with van der Waals surface area (Å²) in [5.41, 5.74) is 8.78. The predicted molar refractivity (Wildman–Crippen MR) is 146 cm³/mol. The number of aromatic nitrogens is 2. The van der Waals surface area contributed by atoms with Crippen LogP contribution in [0.5, 0.6) is 0 Å². The predicted octanol–water partition coefficient (Wildman–Crippen LogP) is 5.98. The van der Waals surface area contributed by atoms with Crippen LogP contribution >= 0.6 is 12.2 Å². The summed E-state index contributed by atoms with van der Waals surface area (Å²) in [5.74, 6) is -0.934. The number of carbonyl (C=O) groups is 1. The number of hydrogen-bond donors (Lipinski definition) is 2. The number of nitrogens with zero attached hydrogens (tertiary/aromatic N) is 3. The van der Waals surface area contributed by atoms with Gasteiger partial charge in [0.2, 0.25) is 0 Å². The Morgan fingerprint density at radius 1 is 0.944 bits per heavy atom. The van der Waals surface area contributed by atoms with Crippen LogP contribution in [0.1, 0.15) is 56.2 Å². The number of pyridine rings is 1. The Bertz CT molecular complexity index is 1440. The maximum atomic E-state index is 11.3. The molecular weight excluding hydrogens is 468 g/mol. The molecular formula is C29H28N4O2S. The molecule has 1 aliphatic heterocycles. The van der Waals surface area contributed by atoms with E-state index < -0.39 is 5.97 Å². The van der Waals surface area contributed by atoms with E-state index in [2.05, 4.69) is 71.7 Å². The van der Waals surface area contributed by atoms with Gasteiger partial charge in [-0.25, -0.2) is 4.79 Å². The van der Waals surface area contributed by atoms with Crippen LogP contribution in [0.4, 0.5) is 5.69 Å². The van der Waals surface area contributed by atoms with Crippen LogP contribution in [0.2, 0.25) is 0 Å². The van der Waals surface area contributed by atoms with Gasteiger partial charge in [0.1, 0.15) is 0 Å². The second-order valence-corrected chi connectivity index (χ2v) is 9.74. The summed E-state index contributed by atoms with van der Waals surface area (Å²) < 4.78 is 2.16. The van der Waals surface area contributed by atoms with Crippen LogP contribution in [0.15, 0.2) is 72.9 Å². The highest BCUT2D eigenvalue weighted by atomic mass is 32.1. The fourth-order valence-corrected chi connectivity index (χ4v) is 5.62. The topological polar surface area (TPSA) is 70.4 Å². The second-order valence-electron chi connectivity index (χ2n) is 9.36. The van der Waals surface area contributed by atoms with E-state index in [0.29, 0.717) is 5.11 Å². The van der Waals surface area contributed by atoms with Gasteiger partial charge >= 0.3 is 5.97 Å². The Balaban J connectivity index is 1.67. The van der Waals surface area contributed by atoms with Crippen molar-refractivity contribution in [3.8, 4) is 5.69 Å². The summed E-state index contributed by atoms with van der Waals surface area (Å²) in [5, 5.41) is 13.5. The average Bonchev–Trinajstić information content (AvgIpc) is 3.34. The molecule has 7 heteroatoms. The molecule has 182 valence electrons. The molecule has 3 heterocycles. The summed E-state index contributed by atoms with van der Waals surface area (Å²) in [6, 6.07) is 21.4. The van der Waals surface area contributed by atoms with Gasteiger partial charge in [0.25, 0.3) is 0 Å². The van der Waals surface area contributed by atoms with Gasteiger partial charge in [0.15, 0.2) is 5.11 Å². The van der Waals surface area contributed by atoms with Crippen LogP contribution in [0.25, 0.3) is 5.69 Å². The van der Waals surface area contributed by atoms with Crippen molar-refractivity contribution in [2.24, 2.45) is 0 Å². The zero-order valence-electron chi connectivity index (χ0n) is 20.7. The number of rotatable bonds is 5. The molecule has 6 nitrogen and oxygen atoms in total. The first-order valence-corrected chi connectivity index (χ1v) is 12.3. The van der Waals surface area contributed by atoms with Crippen molar-refractivity contribution < 1.29 is 9.90 Å². The summed E-state index contributed by atoms with van der Waals surface area (Å²) in [6.07, 6.45) is 1.81. The molecule has 0 aliphatic carbocycles. The van der Waals surface area contributed by atoms with Crippen molar-refractivity contribution >= 4 is 29.0 Å². The molecule has 0 spiro atoms. The van der Waals surface area contributed by atoms with Crippen molar-refractivity contribution in [3.05, 3.63) is 112 Å². The van der Waals surface area contributed by atoms with Crippen molar-refractivity contribution in [3.63, 3.8) is 0 Å². The van der Waals surface area contributed by atoms with Crippen LogP contribution in [-0.2, 0) is 0 Å². The van der Waals surface area contributed by atoms with Gasteiger partial charge in [-0.2, -0.15) is 0 Å². The number of benzene rings is 2. The Kier molecular flexibility index (Phi) is 6.10. The van der Waals surface area contributed by atoms with E-state index in [1.54, 1.807) is 12.1 Å². The van der Waals surface area contributed by atoms with E-state index in [1.807, 2.05) is 36.5 Å². The van der Waals surface area contributed by atoms with E-state index >= 15 is 0 Å². The number of anilines is 1. The third-order valence-electron chi connectivity index (χ3n) is 6.74. The molecule has 0 saturated carbocycles. The number of carboxylic acid groups (broad SMARTS) is 1. The number of thiocarbonyl (C=S) groups is 1. The molecule has 0 amide bonds. The SMILES string of the molecule is Cc1cc(C)cc(N2C(=S)NC(c3ccccn3)C2c2cc(C)n(-c3ccc(C(=O)O)cc3)c2C)c1. The monoisotopic (exact) mass is 496 g/mol. The smallest absolute Gasteiger partial charge is 0.335 e. The van der Waals surface area contributed by atoms with E-state index in [-0.39, 0.29) is 17.6 Å². The standard InChI is InChI=1S/C29H28N4O2S/c1-17-13-18(2)15-23(14-17)33-27(26(31-29(33)36)25-7-5-6-12-30-25)24-16-19(3)32(20(24)4)22-10-8-21(9-11-22)28(34)35/h5-16,26-27H,1-4H3,(H,31,36)(H,34,35). The Morgan fingerprint density at radius 3 is 2.25 bits per heavy atom. The molecule has 2 atom stereocenters. The lowest BCUT2D eigenvalue weighted by Crippen LogP contribution is -2.29.